The van der Waals surface area contributed by atoms with Crippen molar-refractivity contribution in [1.29, 1.82) is 0 Å². The average Bonchev–Trinajstić information content (AvgIpc) is 3.16. The molecule has 29 heavy (non-hydrogen) atoms. The Bertz CT molecular complexity index is 1130. The maximum Gasteiger partial charge on any atom is 0.287 e. The summed E-state index contributed by atoms with van der Waals surface area (Å²) in [6, 6.07) is 16.4. The number of rotatable bonds is 7. The molecule has 3 aromatic rings. The molecule has 0 aliphatic rings. The molecule has 1 heterocycles. The summed E-state index contributed by atoms with van der Waals surface area (Å²) in [5.41, 5.74) is 0.789. The van der Waals surface area contributed by atoms with E-state index in [1.165, 1.54) is 24.5 Å². The fraction of sp³-hybridized carbons (Fsp3) is 0.100. The van der Waals surface area contributed by atoms with E-state index in [2.05, 4.69) is 26.6 Å². The van der Waals surface area contributed by atoms with E-state index in [4.69, 9.17) is 4.42 Å². The number of furan rings is 1. The van der Waals surface area contributed by atoms with E-state index in [1.54, 1.807) is 36.4 Å². The van der Waals surface area contributed by atoms with Crippen LogP contribution in [0.5, 0.6) is 0 Å². The standard InChI is InChI=1S/C20H17BrN2O5S/c21-16-8-4-5-9-17(16)23-18(24)12-22-20(25)19-14(10-11-28-19)13-29(26,27)15-6-2-1-3-7-15/h1-11H,12-13H2,(H,22,25)(H,23,24). The van der Waals surface area contributed by atoms with Crippen LogP contribution in [0.15, 0.2) is 80.7 Å². The van der Waals surface area contributed by atoms with Crippen molar-refractivity contribution in [2.75, 3.05) is 11.9 Å². The van der Waals surface area contributed by atoms with Crippen LogP contribution >= 0.6 is 15.9 Å². The third-order valence-corrected chi connectivity index (χ3v) is 6.33. The van der Waals surface area contributed by atoms with Crippen LogP contribution in [0, 0.1) is 0 Å². The molecule has 1 aromatic heterocycles. The van der Waals surface area contributed by atoms with E-state index in [0.717, 1.165) is 0 Å². The molecule has 0 aliphatic carbocycles. The number of carbonyl (C=O) groups is 2. The van der Waals surface area contributed by atoms with Gasteiger partial charge in [0.1, 0.15) is 0 Å². The summed E-state index contributed by atoms with van der Waals surface area (Å²) in [5, 5.41) is 5.09. The smallest absolute Gasteiger partial charge is 0.287 e. The van der Waals surface area contributed by atoms with Gasteiger partial charge >= 0.3 is 0 Å². The van der Waals surface area contributed by atoms with Crippen molar-refractivity contribution in [2.45, 2.75) is 10.6 Å². The summed E-state index contributed by atoms with van der Waals surface area (Å²) in [7, 11) is -3.64. The van der Waals surface area contributed by atoms with Gasteiger partial charge in [0, 0.05) is 10.0 Å². The molecular weight excluding hydrogens is 460 g/mol. The maximum absolute atomic E-state index is 12.5. The molecule has 0 spiro atoms. The normalized spacial score (nSPS) is 11.1. The van der Waals surface area contributed by atoms with Crippen LogP contribution in [-0.4, -0.2) is 26.8 Å². The van der Waals surface area contributed by atoms with E-state index in [9.17, 15) is 18.0 Å². The molecule has 150 valence electrons. The number of nitrogens with one attached hydrogen (secondary N) is 2. The van der Waals surface area contributed by atoms with Crippen LogP contribution in [0.1, 0.15) is 16.1 Å². The van der Waals surface area contributed by atoms with Crippen LogP contribution in [0.2, 0.25) is 0 Å². The Kier molecular flexibility index (Phi) is 6.50. The number of amides is 2. The quantitative estimate of drug-likeness (QED) is 0.543. The molecule has 9 heteroatoms. The monoisotopic (exact) mass is 476 g/mol. The number of benzene rings is 2. The average molecular weight is 477 g/mol. The van der Waals surface area contributed by atoms with Crippen molar-refractivity contribution in [1.82, 2.24) is 5.32 Å². The van der Waals surface area contributed by atoms with Crippen LogP contribution in [-0.2, 0) is 20.4 Å². The van der Waals surface area contributed by atoms with E-state index in [1.807, 2.05) is 6.07 Å². The molecule has 7 nitrogen and oxygen atoms in total. The topological polar surface area (TPSA) is 105 Å². The highest BCUT2D eigenvalue weighted by Gasteiger charge is 2.22. The van der Waals surface area contributed by atoms with E-state index in [-0.39, 0.29) is 28.5 Å². The molecule has 0 saturated carbocycles. The highest BCUT2D eigenvalue weighted by molar-refractivity contribution is 9.10. The van der Waals surface area contributed by atoms with Crippen LogP contribution in [0.3, 0.4) is 0 Å². The van der Waals surface area contributed by atoms with Crippen molar-refractivity contribution < 1.29 is 22.4 Å². The first-order valence-electron chi connectivity index (χ1n) is 8.53. The van der Waals surface area contributed by atoms with Gasteiger partial charge in [-0.25, -0.2) is 8.42 Å². The van der Waals surface area contributed by atoms with Crippen molar-refractivity contribution in [3.05, 3.63) is 82.7 Å². The van der Waals surface area contributed by atoms with Gasteiger partial charge in [0.15, 0.2) is 15.6 Å². The summed E-state index contributed by atoms with van der Waals surface area (Å²) in [6.07, 6.45) is 1.24. The molecule has 0 saturated heterocycles. The van der Waals surface area contributed by atoms with Gasteiger partial charge in [-0.3, -0.25) is 9.59 Å². The molecule has 2 amide bonds. The van der Waals surface area contributed by atoms with Crippen LogP contribution in [0.4, 0.5) is 5.69 Å². The second-order valence-electron chi connectivity index (χ2n) is 6.06. The lowest BCUT2D eigenvalue weighted by Gasteiger charge is -2.08. The van der Waals surface area contributed by atoms with Gasteiger partial charge in [-0.1, -0.05) is 30.3 Å². The molecule has 0 atom stereocenters. The summed E-state index contributed by atoms with van der Waals surface area (Å²) < 4.78 is 30.9. The lowest BCUT2D eigenvalue weighted by Crippen LogP contribution is -2.33. The highest BCUT2D eigenvalue weighted by Crippen LogP contribution is 2.21. The Labute approximate surface area is 176 Å². The largest absolute Gasteiger partial charge is 0.459 e. The first-order valence-corrected chi connectivity index (χ1v) is 11.0. The van der Waals surface area contributed by atoms with Gasteiger partial charge in [-0.05, 0) is 46.3 Å². The third-order valence-electron chi connectivity index (χ3n) is 3.96. The first kappa shape index (κ1) is 20.8. The van der Waals surface area contributed by atoms with Gasteiger partial charge in [0.2, 0.25) is 5.91 Å². The maximum atomic E-state index is 12.5. The summed E-state index contributed by atoms with van der Waals surface area (Å²) in [5.74, 6) is -1.64. The second-order valence-corrected chi connectivity index (χ2v) is 8.90. The van der Waals surface area contributed by atoms with E-state index in [0.29, 0.717) is 10.2 Å². The van der Waals surface area contributed by atoms with Gasteiger partial charge in [0.05, 0.1) is 29.1 Å². The SMILES string of the molecule is O=C(CNC(=O)c1occc1CS(=O)(=O)c1ccccc1)Nc1ccccc1Br. The van der Waals surface area contributed by atoms with Gasteiger partial charge in [0.25, 0.3) is 5.91 Å². The first-order chi connectivity index (χ1) is 13.9. The van der Waals surface area contributed by atoms with Crippen molar-refractivity contribution in [3.8, 4) is 0 Å². The minimum atomic E-state index is -3.64. The molecule has 2 N–H and O–H groups in total. The lowest BCUT2D eigenvalue weighted by molar-refractivity contribution is -0.115. The van der Waals surface area contributed by atoms with Crippen molar-refractivity contribution in [3.63, 3.8) is 0 Å². The Hall–Kier alpha value is -2.91. The molecule has 0 unspecified atom stereocenters. The third kappa shape index (κ3) is 5.33. The van der Waals surface area contributed by atoms with Crippen LogP contribution < -0.4 is 10.6 Å². The highest BCUT2D eigenvalue weighted by atomic mass is 79.9. The van der Waals surface area contributed by atoms with Gasteiger partial charge in [-0.2, -0.15) is 0 Å². The number of anilines is 1. The Balaban J connectivity index is 1.63. The molecule has 0 radical (unpaired) electrons. The fourth-order valence-electron chi connectivity index (χ4n) is 2.56. The predicted octanol–water partition coefficient (Wildman–Crippen LogP) is 3.38. The molecule has 0 aliphatic heterocycles. The summed E-state index contributed by atoms with van der Waals surface area (Å²) in [6.45, 7) is -0.300. The van der Waals surface area contributed by atoms with Gasteiger partial charge in [-0.15, -0.1) is 0 Å². The minimum Gasteiger partial charge on any atom is -0.459 e. The predicted molar refractivity (Wildman–Crippen MR) is 111 cm³/mol. The molecular formula is C20H17BrN2O5S. The number of carbonyl (C=O) groups excluding carboxylic acids is 2. The van der Waals surface area contributed by atoms with E-state index >= 15 is 0 Å². The Morgan fingerprint density at radius 3 is 2.38 bits per heavy atom. The number of halogens is 1. The van der Waals surface area contributed by atoms with E-state index < -0.39 is 21.7 Å². The zero-order valence-electron chi connectivity index (χ0n) is 15.1. The lowest BCUT2D eigenvalue weighted by atomic mass is 10.2. The Morgan fingerprint density at radius 2 is 1.66 bits per heavy atom. The number of para-hydroxylation sites is 1. The van der Waals surface area contributed by atoms with Gasteiger partial charge < -0.3 is 15.1 Å². The van der Waals surface area contributed by atoms with Crippen molar-refractivity contribution >= 4 is 43.3 Å². The van der Waals surface area contributed by atoms with Crippen LogP contribution in [0.25, 0.3) is 0 Å². The van der Waals surface area contributed by atoms with Crippen molar-refractivity contribution in [2.24, 2.45) is 0 Å². The number of hydrogen-bond donors (Lipinski definition) is 2. The number of sulfone groups is 1. The zero-order chi connectivity index (χ0) is 20.9. The molecule has 2 aromatic carbocycles. The summed E-state index contributed by atoms with van der Waals surface area (Å²) >= 11 is 3.32. The fourth-order valence-corrected chi connectivity index (χ4v) is 4.32. The minimum absolute atomic E-state index is 0.141. The molecule has 0 bridgehead atoms. The zero-order valence-corrected chi connectivity index (χ0v) is 17.5. The molecule has 3 rings (SSSR count). The molecule has 0 fully saturated rings. The second kappa shape index (κ2) is 9.06. The Morgan fingerprint density at radius 1 is 0.966 bits per heavy atom. The number of hydrogen-bond acceptors (Lipinski definition) is 5. The summed E-state index contributed by atoms with van der Waals surface area (Å²) in [4.78, 5) is 24.6.